The van der Waals surface area contributed by atoms with Crippen LogP contribution < -0.4 is 10.6 Å². The first-order valence-corrected chi connectivity index (χ1v) is 7.86. The Morgan fingerprint density at radius 2 is 2.08 bits per heavy atom. The normalized spacial score (nSPS) is 17.1. The van der Waals surface area contributed by atoms with Gasteiger partial charge >= 0.3 is 0 Å². The molecule has 1 aliphatic heterocycles. The minimum absolute atomic E-state index is 0.0395. The summed E-state index contributed by atoms with van der Waals surface area (Å²) >= 11 is 0. The van der Waals surface area contributed by atoms with Gasteiger partial charge in [0.2, 0.25) is 0 Å². The van der Waals surface area contributed by atoms with Gasteiger partial charge in [0.1, 0.15) is 5.70 Å². The van der Waals surface area contributed by atoms with E-state index in [1.165, 1.54) is 6.08 Å². The van der Waals surface area contributed by atoms with Crippen molar-refractivity contribution >= 4 is 23.4 Å². The summed E-state index contributed by atoms with van der Waals surface area (Å²) in [4.78, 5) is 37.1. The molecule has 0 saturated heterocycles. The fourth-order valence-corrected chi connectivity index (χ4v) is 2.45. The number of imide groups is 1. The lowest BCUT2D eigenvalue weighted by Crippen LogP contribution is -2.34. The number of hydrogen-bond donors (Lipinski definition) is 3. The van der Waals surface area contributed by atoms with Crippen LogP contribution >= 0.6 is 0 Å². The number of aliphatic hydroxyl groups excluding tert-OH is 1. The van der Waals surface area contributed by atoms with Crippen LogP contribution in [0.4, 0.5) is 5.69 Å². The van der Waals surface area contributed by atoms with Crippen LogP contribution in [-0.4, -0.2) is 46.9 Å². The molecular weight excluding hydrogens is 310 g/mol. The molecule has 0 bridgehead atoms. The van der Waals surface area contributed by atoms with E-state index in [0.29, 0.717) is 11.3 Å². The fourth-order valence-electron chi connectivity index (χ4n) is 2.45. The molecule has 0 atom stereocenters. The van der Waals surface area contributed by atoms with Gasteiger partial charge in [-0.3, -0.25) is 19.3 Å². The van der Waals surface area contributed by atoms with Crippen LogP contribution in [0.5, 0.6) is 0 Å². The van der Waals surface area contributed by atoms with Gasteiger partial charge in [0, 0.05) is 23.4 Å². The van der Waals surface area contributed by atoms with E-state index in [1.54, 1.807) is 18.2 Å². The molecule has 1 fully saturated rings. The zero-order valence-electron chi connectivity index (χ0n) is 13.3. The van der Waals surface area contributed by atoms with E-state index in [-0.39, 0.29) is 30.8 Å². The minimum Gasteiger partial charge on any atom is -0.395 e. The third kappa shape index (κ3) is 3.30. The van der Waals surface area contributed by atoms with E-state index in [9.17, 15) is 14.4 Å². The molecule has 1 aromatic carbocycles. The van der Waals surface area contributed by atoms with Gasteiger partial charge in [0.05, 0.1) is 13.2 Å². The molecule has 7 nitrogen and oxygen atoms in total. The number of carbonyl (C=O) groups is 3. The number of nitrogens with zero attached hydrogens (tertiary/aromatic N) is 1. The Kier molecular flexibility index (Phi) is 4.35. The van der Waals surface area contributed by atoms with Crippen molar-refractivity contribution in [3.05, 3.63) is 41.1 Å². The molecule has 1 saturated carbocycles. The first kappa shape index (κ1) is 16.2. The molecule has 7 heteroatoms. The molecule has 2 aliphatic rings. The van der Waals surface area contributed by atoms with Gasteiger partial charge < -0.3 is 15.7 Å². The van der Waals surface area contributed by atoms with Gasteiger partial charge in [-0.15, -0.1) is 0 Å². The highest BCUT2D eigenvalue weighted by molar-refractivity contribution is 6.17. The molecule has 1 aromatic rings. The predicted molar refractivity (Wildman–Crippen MR) is 87.2 cm³/mol. The molecule has 0 unspecified atom stereocenters. The van der Waals surface area contributed by atoms with E-state index in [4.69, 9.17) is 5.11 Å². The molecule has 1 heterocycles. The Hall–Kier alpha value is -2.67. The van der Waals surface area contributed by atoms with Crippen molar-refractivity contribution in [3.63, 3.8) is 0 Å². The van der Waals surface area contributed by atoms with E-state index in [2.05, 4.69) is 10.6 Å². The van der Waals surface area contributed by atoms with Crippen molar-refractivity contribution in [2.45, 2.75) is 25.8 Å². The van der Waals surface area contributed by atoms with E-state index in [1.807, 2.05) is 6.92 Å². The Bertz CT molecular complexity index is 737. The fraction of sp³-hybridized carbons (Fsp3) is 0.353. The molecule has 3 rings (SSSR count). The lowest BCUT2D eigenvalue weighted by atomic mass is 10.1. The zero-order chi connectivity index (χ0) is 17.3. The number of β-amino-alcohol motifs (C(OH)–C–C–N with tert-alkyl or cyclic N) is 1. The summed E-state index contributed by atoms with van der Waals surface area (Å²) in [5.41, 5.74) is 2.08. The van der Waals surface area contributed by atoms with E-state index < -0.39 is 11.8 Å². The summed E-state index contributed by atoms with van der Waals surface area (Å²) < 4.78 is 0. The molecule has 3 N–H and O–H groups in total. The third-order valence-corrected chi connectivity index (χ3v) is 4.01. The third-order valence-electron chi connectivity index (χ3n) is 4.01. The largest absolute Gasteiger partial charge is 0.395 e. The average Bonchev–Trinajstić information content (AvgIpc) is 3.32. The van der Waals surface area contributed by atoms with Gasteiger partial charge in [-0.25, -0.2) is 0 Å². The van der Waals surface area contributed by atoms with Crippen LogP contribution in [0, 0.1) is 6.92 Å². The lowest BCUT2D eigenvalue weighted by molar-refractivity contribution is -0.137. The standard InChI is InChI=1S/C17H19N3O4/c1-10-2-3-11(16(23)18-12-4-5-12)8-13(10)19-14-9-15(22)20(6-7-21)17(14)24/h2-3,8-9,12,19,21H,4-7H2,1H3,(H,18,23). The second-order valence-corrected chi connectivity index (χ2v) is 5.98. The monoisotopic (exact) mass is 329 g/mol. The van der Waals surface area contributed by atoms with Crippen LogP contribution in [0.25, 0.3) is 0 Å². The molecule has 126 valence electrons. The highest BCUT2D eigenvalue weighted by atomic mass is 16.3. The van der Waals surface area contributed by atoms with Crippen LogP contribution in [0.1, 0.15) is 28.8 Å². The number of hydrogen-bond acceptors (Lipinski definition) is 5. The molecular formula is C17H19N3O4. The van der Waals surface area contributed by atoms with Crippen molar-refractivity contribution in [1.29, 1.82) is 0 Å². The number of carbonyl (C=O) groups excluding carboxylic acids is 3. The summed E-state index contributed by atoms with van der Waals surface area (Å²) in [7, 11) is 0. The van der Waals surface area contributed by atoms with E-state index in [0.717, 1.165) is 23.3 Å². The lowest BCUT2D eigenvalue weighted by Gasteiger charge is -2.15. The Morgan fingerprint density at radius 1 is 1.33 bits per heavy atom. The maximum atomic E-state index is 12.2. The SMILES string of the molecule is Cc1ccc(C(=O)NC2CC2)cc1NC1=CC(=O)N(CCO)C1=O. The van der Waals surface area contributed by atoms with Gasteiger partial charge in [-0.1, -0.05) is 6.07 Å². The Labute approximate surface area is 139 Å². The molecule has 3 amide bonds. The van der Waals surface area contributed by atoms with Crippen LogP contribution in [0.3, 0.4) is 0 Å². The van der Waals surface area contributed by atoms with Crippen molar-refractivity contribution in [2.75, 3.05) is 18.5 Å². The first-order valence-electron chi connectivity index (χ1n) is 7.86. The maximum absolute atomic E-state index is 12.2. The summed E-state index contributed by atoms with van der Waals surface area (Å²) in [5.74, 6) is -1.09. The van der Waals surface area contributed by atoms with Gasteiger partial charge in [-0.05, 0) is 37.5 Å². The summed E-state index contributed by atoms with van der Waals surface area (Å²) in [6, 6.07) is 5.45. The maximum Gasteiger partial charge on any atom is 0.277 e. The number of rotatable bonds is 6. The van der Waals surface area contributed by atoms with Crippen molar-refractivity contribution in [3.8, 4) is 0 Å². The second-order valence-electron chi connectivity index (χ2n) is 5.98. The van der Waals surface area contributed by atoms with Crippen LogP contribution in [0.15, 0.2) is 30.0 Å². The second kappa shape index (κ2) is 6.45. The summed E-state index contributed by atoms with van der Waals surface area (Å²) in [6.07, 6.45) is 3.22. The van der Waals surface area contributed by atoms with Gasteiger partial charge in [-0.2, -0.15) is 0 Å². The zero-order valence-corrected chi connectivity index (χ0v) is 13.3. The van der Waals surface area contributed by atoms with Crippen molar-refractivity contribution in [2.24, 2.45) is 0 Å². The van der Waals surface area contributed by atoms with Crippen molar-refractivity contribution in [1.82, 2.24) is 10.2 Å². The number of nitrogens with one attached hydrogen (secondary N) is 2. The Balaban J connectivity index is 1.77. The molecule has 0 radical (unpaired) electrons. The number of aryl methyl sites for hydroxylation is 1. The highest BCUT2D eigenvalue weighted by Gasteiger charge is 2.31. The number of anilines is 1. The minimum atomic E-state index is -0.485. The topological polar surface area (TPSA) is 98.7 Å². The smallest absolute Gasteiger partial charge is 0.277 e. The number of benzene rings is 1. The summed E-state index contributed by atoms with van der Waals surface area (Å²) in [6.45, 7) is 1.52. The van der Waals surface area contributed by atoms with Crippen LogP contribution in [0.2, 0.25) is 0 Å². The predicted octanol–water partition coefficient (Wildman–Crippen LogP) is 0.544. The number of amides is 3. The molecule has 0 aromatic heterocycles. The molecule has 24 heavy (non-hydrogen) atoms. The van der Waals surface area contributed by atoms with Gasteiger partial charge in [0.15, 0.2) is 0 Å². The van der Waals surface area contributed by atoms with Crippen molar-refractivity contribution < 1.29 is 19.5 Å². The Morgan fingerprint density at radius 3 is 2.75 bits per heavy atom. The molecule has 1 aliphatic carbocycles. The van der Waals surface area contributed by atoms with E-state index >= 15 is 0 Å². The van der Waals surface area contributed by atoms with Crippen LogP contribution in [-0.2, 0) is 9.59 Å². The highest BCUT2D eigenvalue weighted by Crippen LogP contribution is 2.23. The summed E-state index contributed by atoms with van der Waals surface area (Å²) in [5, 5.41) is 14.8. The average molecular weight is 329 g/mol. The quantitative estimate of drug-likeness (QED) is 0.662. The molecule has 0 spiro atoms. The van der Waals surface area contributed by atoms with Gasteiger partial charge in [0.25, 0.3) is 17.7 Å². The first-order chi connectivity index (χ1) is 11.5. The number of aliphatic hydroxyl groups is 1.